The molecule has 0 saturated carbocycles. The normalized spacial score (nSPS) is 13.3. The van der Waals surface area contributed by atoms with Gasteiger partial charge in [0, 0.05) is 11.3 Å². The Morgan fingerprint density at radius 1 is 1.03 bits per heavy atom. The summed E-state index contributed by atoms with van der Waals surface area (Å²) in [6, 6.07) is 21.9. The standard InChI is InChI=1S/C25H23FN2O2/c1-2-6-22(25(29)30)24(17-7-4-3-5-8-17)18-9-14-23-19(15-18)16-27-28(23)21-12-10-20(26)11-13-21/h3-5,7-16,22,24H,2,6H2,1H3,(H,29,30). The number of hydrogen-bond acceptors (Lipinski definition) is 2. The Morgan fingerprint density at radius 3 is 2.43 bits per heavy atom. The Hall–Kier alpha value is -3.47. The Labute approximate surface area is 174 Å². The first-order valence-corrected chi connectivity index (χ1v) is 10.1. The Kier molecular flexibility index (Phi) is 5.61. The number of benzene rings is 3. The highest BCUT2D eigenvalue weighted by atomic mass is 19.1. The lowest BCUT2D eigenvalue weighted by molar-refractivity contribution is -0.142. The number of aromatic nitrogens is 2. The third-order valence-corrected chi connectivity index (χ3v) is 5.50. The van der Waals surface area contributed by atoms with E-state index in [2.05, 4.69) is 5.10 Å². The minimum Gasteiger partial charge on any atom is -0.481 e. The quantitative estimate of drug-likeness (QED) is 0.425. The highest BCUT2D eigenvalue weighted by Crippen LogP contribution is 2.36. The number of carboxylic acids is 1. The molecule has 4 rings (SSSR count). The van der Waals surface area contributed by atoms with E-state index in [-0.39, 0.29) is 11.7 Å². The molecule has 4 nitrogen and oxygen atoms in total. The number of carbonyl (C=O) groups is 1. The summed E-state index contributed by atoms with van der Waals surface area (Å²) >= 11 is 0. The second kappa shape index (κ2) is 8.49. The molecular weight excluding hydrogens is 379 g/mol. The van der Waals surface area contributed by atoms with Gasteiger partial charge in [0.1, 0.15) is 5.82 Å². The fourth-order valence-electron chi connectivity index (χ4n) is 4.09. The van der Waals surface area contributed by atoms with E-state index >= 15 is 0 Å². The van der Waals surface area contributed by atoms with E-state index in [1.54, 1.807) is 23.0 Å². The van der Waals surface area contributed by atoms with Crippen molar-refractivity contribution in [1.82, 2.24) is 9.78 Å². The Morgan fingerprint density at radius 2 is 1.77 bits per heavy atom. The first-order valence-electron chi connectivity index (χ1n) is 10.1. The van der Waals surface area contributed by atoms with Crippen LogP contribution in [0.3, 0.4) is 0 Å². The number of hydrogen-bond donors (Lipinski definition) is 1. The molecule has 0 bridgehead atoms. The van der Waals surface area contributed by atoms with Gasteiger partial charge >= 0.3 is 5.97 Å². The van der Waals surface area contributed by atoms with Crippen LogP contribution >= 0.6 is 0 Å². The second-order valence-electron chi connectivity index (χ2n) is 7.47. The predicted octanol–water partition coefficient (Wildman–Crippen LogP) is 5.80. The first kappa shape index (κ1) is 19.8. The van der Waals surface area contributed by atoms with Crippen LogP contribution in [0.2, 0.25) is 0 Å². The molecule has 152 valence electrons. The van der Waals surface area contributed by atoms with Gasteiger partial charge in [0.05, 0.1) is 23.3 Å². The molecule has 0 saturated heterocycles. The molecule has 1 heterocycles. The molecule has 0 spiro atoms. The molecule has 0 aliphatic heterocycles. The average molecular weight is 402 g/mol. The Balaban J connectivity index is 1.80. The van der Waals surface area contributed by atoms with Crippen molar-refractivity contribution in [2.24, 2.45) is 5.92 Å². The molecule has 0 amide bonds. The van der Waals surface area contributed by atoms with Crippen molar-refractivity contribution in [3.8, 4) is 5.69 Å². The summed E-state index contributed by atoms with van der Waals surface area (Å²) in [5.74, 6) is -1.84. The minimum absolute atomic E-state index is 0.248. The van der Waals surface area contributed by atoms with Crippen LogP contribution in [0.4, 0.5) is 4.39 Å². The van der Waals surface area contributed by atoms with E-state index in [1.165, 1.54) is 12.1 Å². The number of halogens is 1. The molecule has 0 fully saturated rings. The highest BCUT2D eigenvalue weighted by molar-refractivity contribution is 5.82. The molecule has 0 aliphatic rings. The van der Waals surface area contributed by atoms with E-state index in [4.69, 9.17) is 0 Å². The summed E-state index contributed by atoms with van der Waals surface area (Å²) in [6.07, 6.45) is 3.16. The van der Waals surface area contributed by atoms with Gasteiger partial charge in [-0.3, -0.25) is 4.79 Å². The largest absolute Gasteiger partial charge is 0.481 e. The third-order valence-electron chi connectivity index (χ3n) is 5.50. The summed E-state index contributed by atoms with van der Waals surface area (Å²) in [5.41, 5.74) is 3.60. The predicted molar refractivity (Wildman–Crippen MR) is 115 cm³/mol. The minimum atomic E-state index is -0.784. The van der Waals surface area contributed by atoms with E-state index in [9.17, 15) is 14.3 Å². The summed E-state index contributed by atoms with van der Waals surface area (Å²) < 4.78 is 15.0. The lowest BCUT2D eigenvalue weighted by Crippen LogP contribution is -2.23. The zero-order chi connectivity index (χ0) is 21.1. The van der Waals surface area contributed by atoms with E-state index < -0.39 is 11.9 Å². The third kappa shape index (κ3) is 3.83. The molecule has 2 unspecified atom stereocenters. The maximum Gasteiger partial charge on any atom is 0.307 e. The summed E-state index contributed by atoms with van der Waals surface area (Å²) in [4.78, 5) is 12.1. The Bertz CT molecular complexity index is 1150. The van der Waals surface area contributed by atoms with Gasteiger partial charge in [-0.25, -0.2) is 9.07 Å². The van der Waals surface area contributed by atoms with Crippen LogP contribution in [0, 0.1) is 11.7 Å². The molecule has 0 aliphatic carbocycles. The van der Waals surface area contributed by atoms with E-state index in [0.29, 0.717) is 6.42 Å². The summed E-state index contributed by atoms with van der Waals surface area (Å²) in [5, 5.41) is 15.3. The fourth-order valence-corrected chi connectivity index (χ4v) is 4.09. The van der Waals surface area contributed by atoms with Gasteiger partial charge in [0.2, 0.25) is 0 Å². The van der Waals surface area contributed by atoms with Gasteiger partial charge in [-0.15, -0.1) is 0 Å². The number of carboxylic acid groups (broad SMARTS) is 1. The maximum absolute atomic E-state index is 13.3. The van der Waals surface area contributed by atoms with Gasteiger partial charge in [-0.1, -0.05) is 49.7 Å². The number of rotatable bonds is 7. The van der Waals surface area contributed by atoms with E-state index in [1.807, 2.05) is 55.5 Å². The molecule has 5 heteroatoms. The fraction of sp³-hybridized carbons (Fsp3) is 0.200. The van der Waals surface area contributed by atoms with Crippen molar-refractivity contribution in [3.63, 3.8) is 0 Å². The number of aliphatic carboxylic acids is 1. The molecule has 3 aromatic carbocycles. The van der Waals surface area contributed by atoms with Crippen LogP contribution in [0.25, 0.3) is 16.6 Å². The van der Waals surface area contributed by atoms with Crippen molar-refractivity contribution < 1.29 is 14.3 Å². The van der Waals surface area contributed by atoms with Crippen molar-refractivity contribution in [2.75, 3.05) is 0 Å². The van der Waals surface area contributed by atoms with Crippen LogP contribution in [-0.2, 0) is 4.79 Å². The lowest BCUT2D eigenvalue weighted by Gasteiger charge is -2.25. The average Bonchev–Trinajstić information content (AvgIpc) is 3.18. The summed E-state index contributed by atoms with van der Waals surface area (Å²) in [6.45, 7) is 2.01. The van der Waals surface area contributed by atoms with Crippen molar-refractivity contribution >= 4 is 16.9 Å². The lowest BCUT2D eigenvalue weighted by atomic mass is 9.78. The molecule has 1 N–H and O–H groups in total. The molecule has 0 radical (unpaired) electrons. The number of nitrogens with zero attached hydrogens (tertiary/aromatic N) is 2. The van der Waals surface area contributed by atoms with Gasteiger partial charge in [0.15, 0.2) is 0 Å². The van der Waals surface area contributed by atoms with Gasteiger partial charge in [0.25, 0.3) is 0 Å². The highest BCUT2D eigenvalue weighted by Gasteiger charge is 2.30. The molecule has 30 heavy (non-hydrogen) atoms. The zero-order valence-electron chi connectivity index (χ0n) is 16.7. The first-order chi connectivity index (χ1) is 14.6. The monoisotopic (exact) mass is 402 g/mol. The van der Waals surface area contributed by atoms with Crippen LogP contribution in [0.5, 0.6) is 0 Å². The van der Waals surface area contributed by atoms with Gasteiger partial charge in [-0.2, -0.15) is 5.10 Å². The smallest absolute Gasteiger partial charge is 0.307 e. The van der Waals surface area contributed by atoms with Crippen molar-refractivity contribution in [1.29, 1.82) is 0 Å². The molecular formula is C25H23FN2O2. The van der Waals surface area contributed by atoms with Gasteiger partial charge in [-0.05, 0) is 53.9 Å². The number of fused-ring (bicyclic) bond motifs is 1. The maximum atomic E-state index is 13.3. The van der Waals surface area contributed by atoms with Crippen LogP contribution in [0.1, 0.15) is 36.8 Å². The van der Waals surface area contributed by atoms with Crippen LogP contribution in [0.15, 0.2) is 79.0 Å². The van der Waals surface area contributed by atoms with Crippen LogP contribution < -0.4 is 0 Å². The van der Waals surface area contributed by atoms with Crippen molar-refractivity contribution in [2.45, 2.75) is 25.7 Å². The second-order valence-corrected chi connectivity index (χ2v) is 7.47. The zero-order valence-corrected chi connectivity index (χ0v) is 16.7. The van der Waals surface area contributed by atoms with Gasteiger partial charge < -0.3 is 5.11 Å². The van der Waals surface area contributed by atoms with E-state index in [0.717, 1.165) is 34.1 Å². The van der Waals surface area contributed by atoms with Crippen LogP contribution in [-0.4, -0.2) is 20.9 Å². The molecule has 1 aromatic heterocycles. The SMILES string of the molecule is CCCC(C(=O)O)C(c1ccccc1)c1ccc2c(cnn2-c2ccc(F)cc2)c1. The van der Waals surface area contributed by atoms with Crippen molar-refractivity contribution in [3.05, 3.63) is 95.9 Å². The summed E-state index contributed by atoms with van der Waals surface area (Å²) in [7, 11) is 0. The molecule has 4 aromatic rings. The molecule has 2 atom stereocenters. The topological polar surface area (TPSA) is 55.1 Å².